The standard InChI is InChI=1S/C12H21N3O2S/c1-8(2)14-18(16,17)12-11-7-9(3)5-6-15(11)10(4)13-12/h8-9,14H,5-7H2,1-4H3. The summed E-state index contributed by atoms with van der Waals surface area (Å²) >= 11 is 0. The molecule has 2 heterocycles. The van der Waals surface area contributed by atoms with Crippen LogP contribution in [-0.2, 0) is 23.0 Å². The molecular formula is C12H21N3O2S. The van der Waals surface area contributed by atoms with E-state index in [-0.39, 0.29) is 11.1 Å². The first-order valence-electron chi connectivity index (χ1n) is 6.39. The topological polar surface area (TPSA) is 64.0 Å². The Bertz CT molecular complexity index is 546. The molecule has 0 saturated heterocycles. The van der Waals surface area contributed by atoms with E-state index in [2.05, 4.69) is 16.6 Å². The quantitative estimate of drug-likeness (QED) is 0.905. The van der Waals surface area contributed by atoms with Gasteiger partial charge in [-0.05, 0) is 39.5 Å². The van der Waals surface area contributed by atoms with E-state index < -0.39 is 10.0 Å². The lowest BCUT2D eigenvalue weighted by Crippen LogP contribution is -2.32. The Hall–Kier alpha value is -0.880. The second-order valence-corrected chi connectivity index (χ2v) is 7.07. The third-order valence-corrected chi connectivity index (χ3v) is 4.88. The largest absolute Gasteiger partial charge is 0.331 e. The molecule has 0 aromatic carbocycles. The molecule has 18 heavy (non-hydrogen) atoms. The number of nitrogens with zero attached hydrogens (tertiary/aromatic N) is 2. The van der Waals surface area contributed by atoms with Gasteiger partial charge in [0.1, 0.15) is 5.82 Å². The lowest BCUT2D eigenvalue weighted by Gasteiger charge is -2.22. The van der Waals surface area contributed by atoms with E-state index in [9.17, 15) is 8.42 Å². The van der Waals surface area contributed by atoms with Gasteiger partial charge in [0.05, 0.1) is 5.69 Å². The van der Waals surface area contributed by atoms with E-state index in [4.69, 9.17) is 0 Å². The molecule has 0 radical (unpaired) electrons. The molecule has 1 atom stereocenters. The van der Waals surface area contributed by atoms with Crippen molar-refractivity contribution in [3.05, 3.63) is 11.5 Å². The zero-order valence-electron chi connectivity index (χ0n) is 11.4. The zero-order chi connectivity index (χ0) is 13.5. The first-order chi connectivity index (χ1) is 8.31. The number of aromatic nitrogens is 2. The molecule has 1 aliphatic heterocycles. The molecule has 0 fully saturated rings. The van der Waals surface area contributed by atoms with E-state index in [0.717, 1.165) is 30.9 Å². The van der Waals surface area contributed by atoms with Gasteiger partial charge < -0.3 is 4.57 Å². The van der Waals surface area contributed by atoms with Gasteiger partial charge in [-0.15, -0.1) is 0 Å². The average molecular weight is 271 g/mol. The zero-order valence-corrected chi connectivity index (χ0v) is 12.2. The Kier molecular flexibility index (Phi) is 3.51. The molecular weight excluding hydrogens is 250 g/mol. The summed E-state index contributed by atoms with van der Waals surface area (Å²) in [4.78, 5) is 4.26. The molecule has 0 spiro atoms. The predicted molar refractivity (Wildman–Crippen MR) is 69.9 cm³/mol. The Morgan fingerprint density at radius 3 is 2.72 bits per heavy atom. The van der Waals surface area contributed by atoms with E-state index in [1.165, 1.54) is 0 Å². The first-order valence-corrected chi connectivity index (χ1v) is 7.88. The number of sulfonamides is 1. The number of fused-ring (bicyclic) bond motifs is 1. The minimum Gasteiger partial charge on any atom is -0.331 e. The van der Waals surface area contributed by atoms with Gasteiger partial charge in [-0.1, -0.05) is 6.92 Å². The van der Waals surface area contributed by atoms with Gasteiger partial charge in [-0.2, -0.15) is 0 Å². The fraction of sp³-hybridized carbons (Fsp3) is 0.750. The van der Waals surface area contributed by atoms with Crippen LogP contribution in [-0.4, -0.2) is 24.0 Å². The van der Waals surface area contributed by atoms with Crippen LogP contribution in [0.2, 0.25) is 0 Å². The van der Waals surface area contributed by atoms with Gasteiger partial charge >= 0.3 is 0 Å². The van der Waals surface area contributed by atoms with Crippen LogP contribution in [0.1, 0.15) is 38.7 Å². The molecule has 0 amide bonds. The van der Waals surface area contributed by atoms with E-state index in [1.54, 1.807) is 0 Å². The second-order valence-electron chi connectivity index (χ2n) is 5.44. The van der Waals surface area contributed by atoms with Gasteiger partial charge in [-0.3, -0.25) is 0 Å². The van der Waals surface area contributed by atoms with Gasteiger partial charge in [-0.25, -0.2) is 18.1 Å². The Labute approximate surface area is 109 Å². The summed E-state index contributed by atoms with van der Waals surface area (Å²) in [6, 6.07) is -0.117. The van der Waals surface area contributed by atoms with Crippen molar-refractivity contribution in [1.82, 2.24) is 14.3 Å². The molecule has 0 bridgehead atoms. The van der Waals surface area contributed by atoms with Crippen LogP contribution in [0.25, 0.3) is 0 Å². The van der Waals surface area contributed by atoms with Crippen molar-refractivity contribution in [2.24, 2.45) is 5.92 Å². The maximum absolute atomic E-state index is 12.2. The van der Waals surface area contributed by atoms with Crippen LogP contribution in [0.5, 0.6) is 0 Å². The minimum absolute atomic E-state index is 0.117. The minimum atomic E-state index is -3.49. The highest BCUT2D eigenvalue weighted by Gasteiger charge is 2.29. The maximum Gasteiger partial charge on any atom is 0.260 e. The molecule has 6 heteroatoms. The summed E-state index contributed by atoms with van der Waals surface area (Å²) in [6.07, 6.45) is 1.87. The van der Waals surface area contributed by atoms with E-state index in [0.29, 0.717) is 5.92 Å². The normalized spacial score (nSPS) is 20.2. The van der Waals surface area contributed by atoms with Crippen molar-refractivity contribution in [2.75, 3.05) is 0 Å². The van der Waals surface area contributed by atoms with Crippen molar-refractivity contribution in [3.63, 3.8) is 0 Å². The first kappa shape index (κ1) is 13.5. The Morgan fingerprint density at radius 1 is 1.44 bits per heavy atom. The summed E-state index contributed by atoms with van der Waals surface area (Å²) < 4.78 is 29.1. The smallest absolute Gasteiger partial charge is 0.260 e. The van der Waals surface area contributed by atoms with E-state index in [1.807, 2.05) is 25.3 Å². The summed E-state index contributed by atoms with van der Waals surface area (Å²) in [5.74, 6) is 1.31. The van der Waals surface area contributed by atoms with Crippen LogP contribution >= 0.6 is 0 Å². The summed E-state index contributed by atoms with van der Waals surface area (Å²) in [6.45, 7) is 8.52. The number of hydrogen-bond acceptors (Lipinski definition) is 3. The third-order valence-electron chi connectivity index (χ3n) is 3.26. The molecule has 1 N–H and O–H groups in total. The lowest BCUT2D eigenvalue weighted by atomic mass is 9.99. The van der Waals surface area contributed by atoms with Crippen molar-refractivity contribution in [3.8, 4) is 0 Å². The average Bonchev–Trinajstić information content (AvgIpc) is 2.54. The SMILES string of the molecule is Cc1nc(S(=O)(=O)NC(C)C)c2n1CCC(C)C2. The van der Waals surface area contributed by atoms with Gasteiger partial charge in [0.15, 0.2) is 5.03 Å². The maximum atomic E-state index is 12.2. The number of imidazole rings is 1. The lowest BCUT2D eigenvalue weighted by molar-refractivity contribution is 0.407. The van der Waals surface area contributed by atoms with Gasteiger partial charge in [0.2, 0.25) is 0 Å². The number of hydrogen-bond donors (Lipinski definition) is 1. The van der Waals surface area contributed by atoms with Crippen molar-refractivity contribution < 1.29 is 8.42 Å². The molecule has 1 aromatic heterocycles. The van der Waals surface area contributed by atoms with Crippen LogP contribution < -0.4 is 4.72 Å². The monoisotopic (exact) mass is 271 g/mol. The van der Waals surface area contributed by atoms with Crippen molar-refractivity contribution >= 4 is 10.0 Å². The van der Waals surface area contributed by atoms with Gasteiger partial charge in [0, 0.05) is 12.6 Å². The fourth-order valence-corrected chi connectivity index (χ4v) is 3.93. The van der Waals surface area contributed by atoms with E-state index >= 15 is 0 Å². The highest BCUT2D eigenvalue weighted by atomic mass is 32.2. The molecule has 102 valence electrons. The van der Waals surface area contributed by atoms with Crippen molar-refractivity contribution in [2.45, 2.75) is 58.1 Å². The Morgan fingerprint density at radius 2 is 2.11 bits per heavy atom. The van der Waals surface area contributed by atoms with Gasteiger partial charge in [0.25, 0.3) is 10.0 Å². The molecule has 0 aliphatic carbocycles. The molecule has 5 nitrogen and oxygen atoms in total. The molecule has 1 unspecified atom stereocenters. The molecule has 1 aliphatic rings. The van der Waals surface area contributed by atoms with Crippen LogP contribution in [0.3, 0.4) is 0 Å². The highest BCUT2D eigenvalue weighted by Crippen LogP contribution is 2.26. The molecule has 1 aromatic rings. The number of aryl methyl sites for hydroxylation is 1. The third kappa shape index (κ3) is 2.44. The number of rotatable bonds is 3. The molecule has 0 saturated carbocycles. The number of nitrogens with one attached hydrogen (secondary N) is 1. The molecule has 2 rings (SSSR count). The summed E-state index contributed by atoms with van der Waals surface area (Å²) in [5, 5.41) is 0.222. The van der Waals surface area contributed by atoms with Crippen LogP contribution in [0.4, 0.5) is 0 Å². The summed E-state index contributed by atoms with van der Waals surface area (Å²) in [7, 11) is -3.49. The Balaban J connectivity index is 2.47. The second kappa shape index (κ2) is 4.66. The predicted octanol–water partition coefficient (Wildman–Crippen LogP) is 1.46. The van der Waals surface area contributed by atoms with Crippen molar-refractivity contribution in [1.29, 1.82) is 0 Å². The summed E-state index contributed by atoms with van der Waals surface area (Å²) in [5.41, 5.74) is 0.861. The fourth-order valence-electron chi connectivity index (χ4n) is 2.44. The van der Waals surface area contributed by atoms with Crippen LogP contribution in [0, 0.1) is 12.8 Å². The highest BCUT2D eigenvalue weighted by molar-refractivity contribution is 7.89. The van der Waals surface area contributed by atoms with Crippen LogP contribution in [0.15, 0.2) is 5.03 Å².